The number of ether oxygens (including phenoxy) is 2. The lowest BCUT2D eigenvalue weighted by Crippen LogP contribution is -2.05. The van der Waals surface area contributed by atoms with Crippen LogP contribution >= 0.6 is 11.6 Å². The van der Waals surface area contributed by atoms with Crippen LogP contribution < -0.4 is 9.47 Å². The van der Waals surface area contributed by atoms with Gasteiger partial charge in [0.05, 0.1) is 11.1 Å². The van der Waals surface area contributed by atoms with Crippen molar-refractivity contribution >= 4 is 22.5 Å². The molecule has 0 N–H and O–H groups in total. The summed E-state index contributed by atoms with van der Waals surface area (Å²) in [7, 11) is 0. The van der Waals surface area contributed by atoms with Gasteiger partial charge in [0, 0.05) is 11.6 Å². The second-order valence-electron chi connectivity index (χ2n) is 5.54. The smallest absolute Gasteiger partial charge is 0.146 e. The number of para-hydroxylation sites is 1. The van der Waals surface area contributed by atoms with Gasteiger partial charge in [0.1, 0.15) is 23.6 Å². The third kappa shape index (κ3) is 3.74. The molecule has 0 spiro atoms. The molecule has 0 atom stereocenters. The van der Waals surface area contributed by atoms with Crippen LogP contribution in [0.2, 0.25) is 5.02 Å². The number of fused-ring (bicyclic) bond motifs is 1. The highest BCUT2D eigenvalue weighted by Gasteiger charge is 2.06. The van der Waals surface area contributed by atoms with E-state index in [2.05, 4.69) is 4.98 Å². The Hall–Kier alpha value is -2.26. The molecule has 0 amide bonds. The van der Waals surface area contributed by atoms with Crippen molar-refractivity contribution in [3.8, 4) is 11.5 Å². The molecule has 4 heteroatoms. The van der Waals surface area contributed by atoms with Crippen molar-refractivity contribution in [1.82, 2.24) is 4.98 Å². The van der Waals surface area contributed by atoms with Gasteiger partial charge >= 0.3 is 0 Å². The van der Waals surface area contributed by atoms with Crippen LogP contribution in [0.15, 0.2) is 54.7 Å². The van der Waals surface area contributed by atoms with Crippen molar-refractivity contribution in [1.29, 1.82) is 0 Å². The second-order valence-corrected chi connectivity index (χ2v) is 5.95. The number of benzene rings is 2. The first-order valence-electron chi connectivity index (χ1n) is 7.55. The van der Waals surface area contributed by atoms with Gasteiger partial charge < -0.3 is 9.47 Å². The minimum absolute atomic E-state index is 0.170. The first-order chi connectivity index (χ1) is 11.1. The Bertz CT molecular complexity index is 800. The summed E-state index contributed by atoms with van der Waals surface area (Å²) < 4.78 is 11.6. The lowest BCUT2D eigenvalue weighted by molar-refractivity contribution is 0.242. The molecule has 3 aromatic rings. The van der Waals surface area contributed by atoms with Crippen molar-refractivity contribution in [2.24, 2.45) is 0 Å². The number of hydrogen-bond acceptors (Lipinski definition) is 3. The summed E-state index contributed by atoms with van der Waals surface area (Å²) in [6, 6.07) is 15.5. The van der Waals surface area contributed by atoms with Crippen molar-refractivity contribution in [3.63, 3.8) is 0 Å². The monoisotopic (exact) mass is 327 g/mol. The van der Waals surface area contributed by atoms with Crippen molar-refractivity contribution in [3.05, 3.63) is 65.3 Å². The first-order valence-corrected chi connectivity index (χ1v) is 7.93. The summed E-state index contributed by atoms with van der Waals surface area (Å²) in [5, 5.41) is 1.57. The number of aromatic nitrogens is 1. The van der Waals surface area contributed by atoms with E-state index in [0.29, 0.717) is 11.6 Å². The molecule has 0 unspecified atom stereocenters. The largest absolute Gasteiger partial charge is 0.491 e. The maximum Gasteiger partial charge on any atom is 0.146 e. The highest BCUT2D eigenvalue weighted by Crippen LogP contribution is 2.29. The molecule has 0 saturated carbocycles. The van der Waals surface area contributed by atoms with E-state index in [1.165, 1.54) is 0 Å². The number of nitrogens with zero attached hydrogens (tertiary/aromatic N) is 1. The van der Waals surface area contributed by atoms with E-state index < -0.39 is 0 Å². The van der Waals surface area contributed by atoms with Crippen LogP contribution in [0.4, 0.5) is 0 Å². The average molecular weight is 328 g/mol. The fourth-order valence-corrected chi connectivity index (χ4v) is 2.54. The summed E-state index contributed by atoms with van der Waals surface area (Å²) in [5.41, 5.74) is 1.85. The zero-order valence-corrected chi connectivity index (χ0v) is 13.9. The van der Waals surface area contributed by atoms with E-state index in [4.69, 9.17) is 21.1 Å². The van der Waals surface area contributed by atoms with Gasteiger partial charge in [-0.2, -0.15) is 0 Å². The molecule has 0 aliphatic rings. The number of hydrogen-bond donors (Lipinski definition) is 0. The van der Waals surface area contributed by atoms with Gasteiger partial charge in [-0.3, -0.25) is 4.98 Å². The fourth-order valence-electron chi connectivity index (χ4n) is 2.33. The van der Waals surface area contributed by atoms with E-state index in [1.54, 1.807) is 12.3 Å². The third-order valence-electron chi connectivity index (χ3n) is 3.37. The molecule has 118 valence electrons. The number of rotatable bonds is 5. The molecule has 3 nitrogen and oxygen atoms in total. The number of pyridine rings is 1. The van der Waals surface area contributed by atoms with Gasteiger partial charge in [0.2, 0.25) is 0 Å². The molecule has 1 heterocycles. The van der Waals surface area contributed by atoms with Gasteiger partial charge in [-0.05, 0) is 43.7 Å². The zero-order valence-electron chi connectivity index (χ0n) is 13.1. The standard InChI is InChI=1S/C19H18ClNO2/c1-13(2)23-15-8-6-14(7-9-15)12-22-18-5-3-4-16-17(20)10-11-21-19(16)18/h3-11,13H,12H2,1-2H3. The molecule has 2 aromatic carbocycles. The minimum Gasteiger partial charge on any atom is -0.491 e. The van der Waals surface area contributed by atoms with Gasteiger partial charge in [-0.1, -0.05) is 35.9 Å². The summed E-state index contributed by atoms with van der Waals surface area (Å²) in [5.74, 6) is 1.59. The van der Waals surface area contributed by atoms with Crippen molar-refractivity contribution < 1.29 is 9.47 Å². The molecule has 1 aromatic heterocycles. The molecule has 0 fully saturated rings. The number of halogens is 1. The summed E-state index contributed by atoms with van der Waals surface area (Å²) in [4.78, 5) is 4.37. The molecule has 23 heavy (non-hydrogen) atoms. The third-order valence-corrected chi connectivity index (χ3v) is 3.70. The molecule has 0 saturated heterocycles. The lowest BCUT2D eigenvalue weighted by atomic mass is 10.2. The highest BCUT2D eigenvalue weighted by molar-refractivity contribution is 6.35. The second kappa shape index (κ2) is 6.88. The predicted molar refractivity (Wildman–Crippen MR) is 93.3 cm³/mol. The Morgan fingerprint density at radius 2 is 1.83 bits per heavy atom. The van der Waals surface area contributed by atoms with E-state index in [1.807, 2.05) is 56.3 Å². The van der Waals surface area contributed by atoms with Crippen LogP contribution in [0.1, 0.15) is 19.4 Å². The zero-order chi connectivity index (χ0) is 16.2. The van der Waals surface area contributed by atoms with Gasteiger partial charge in [-0.25, -0.2) is 0 Å². The normalized spacial score (nSPS) is 11.0. The molecule has 0 aliphatic carbocycles. The highest BCUT2D eigenvalue weighted by atomic mass is 35.5. The molecular weight excluding hydrogens is 310 g/mol. The van der Waals surface area contributed by atoms with Crippen LogP contribution in [0.5, 0.6) is 11.5 Å². The lowest BCUT2D eigenvalue weighted by Gasteiger charge is -2.11. The SMILES string of the molecule is CC(C)Oc1ccc(COc2cccc3c(Cl)ccnc23)cc1. The van der Waals surface area contributed by atoms with Crippen molar-refractivity contribution in [2.75, 3.05) is 0 Å². The van der Waals surface area contributed by atoms with E-state index >= 15 is 0 Å². The quantitative estimate of drug-likeness (QED) is 0.641. The van der Waals surface area contributed by atoms with E-state index in [-0.39, 0.29) is 6.10 Å². The van der Waals surface area contributed by atoms with E-state index in [9.17, 15) is 0 Å². The van der Waals surface area contributed by atoms with Gasteiger partial charge in [-0.15, -0.1) is 0 Å². The fraction of sp³-hybridized carbons (Fsp3) is 0.211. The Kier molecular flexibility index (Phi) is 4.68. The molecule has 0 aliphatic heterocycles. The molecule has 0 radical (unpaired) electrons. The Morgan fingerprint density at radius 1 is 1.04 bits per heavy atom. The summed E-state index contributed by atoms with van der Waals surface area (Å²) >= 11 is 6.20. The van der Waals surface area contributed by atoms with Gasteiger partial charge in [0.25, 0.3) is 0 Å². The molecular formula is C19H18ClNO2. The topological polar surface area (TPSA) is 31.4 Å². The van der Waals surface area contributed by atoms with E-state index in [0.717, 1.165) is 28.0 Å². The van der Waals surface area contributed by atoms with Crippen LogP contribution in [0.25, 0.3) is 10.9 Å². The summed E-state index contributed by atoms with van der Waals surface area (Å²) in [6.07, 6.45) is 1.86. The first kappa shape index (κ1) is 15.6. The van der Waals surface area contributed by atoms with Crippen molar-refractivity contribution in [2.45, 2.75) is 26.6 Å². The maximum absolute atomic E-state index is 6.20. The van der Waals surface area contributed by atoms with Crippen LogP contribution in [-0.2, 0) is 6.61 Å². The maximum atomic E-state index is 6.20. The van der Waals surface area contributed by atoms with Crippen LogP contribution in [0.3, 0.4) is 0 Å². The Balaban J connectivity index is 1.75. The minimum atomic E-state index is 0.170. The van der Waals surface area contributed by atoms with Gasteiger partial charge in [0.15, 0.2) is 0 Å². The predicted octanol–water partition coefficient (Wildman–Crippen LogP) is 5.25. The Morgan fingerprint density at radius 3 is 2.57 bits per heavy atom. The van der Waals surface area contributed by atoms with Crippen LogP contribution in [0, 0.1) is 0 Å². The summed E-state index contributed by atoms with van der Waals surface area (Å²) in [6.45, 7) is 4.49. The molecule has 3 rings (SSSR count). The average Bonchev–Trinajstić information content (AvgIpc) is 2.54. The molecule has 0 bridgehead atoms. The van der Waals surface area contributed by atoms with Crippen LogP contribution in [-0.4, -0.2) is 11.1 Å². The Labute approximate surface area is 140 Å².